The molecule has 1 saturated heterocycles. The van der Waals surface area contributed by atoms with E-state index in [2.05, 4.69) is 21.9 Å². The Balaban J connectivity index is 1.60. The fourth-order valence-electron chi connectivity index (χ4n) is 2.09. The molecule has 5 heteroatoms. The third-order valence-electron chi connectivity index (χ3n) is 3.27. The Hall–Kier alpha value is -1.33. The minimum absolute atomic E-state index is 0.131. The maximum absolute atomic E-state index is 11.7. The summed E-state index contributed by atoms with van der Waals surface area (Å²) in [4.78, 5) is 14.0. The zero-order chi connectivity index (χ0) is 12.8. The number of piperazine rings is 1. The molecule has 2 rings (SSSR count). The van der Waals surface area contributed by atoms with Gasteiger partial charge in [-0.2, -0.15) is 0 Å². The summed E-state index contributed by atoms with van der Waals surface area (Å²) in [5.41, 5.74) is 2.98. The van der Waals surface area contributed by atoms with Gasteiger partial charge in [0.25, 0.3) is 0 Å². The molecule has 1 aromatic heterocycles. The van der Waals surface area contributed by atoms with Crippen molar-refractivity contribution in [2.45, 2.75) is 19.4 Å². The second-order valence-electron chi connectivity index (χ2n) is 4.85. The number of aryl methyl sites for hydroxylation is 1. The number of carbonyl (C=O) groups excluding carboxylic acids is 1. The first-order valence-corrected chi connectivity index (χ1v) is 6.58. The van der Waals surface area contributed by atoms with E-state index in [0.717, 1.165) is 39.1 Å². The summed E-state index contributed by atoms with van der Waals surface area (Å²) in [7, 11) is 2.11. The molecule has 1 amide bonds. The van der Waals surface area contributed by atoms with Gasteiger partial charge in [-0.15, -0.1) is 0 Å². The Morgan fingerprint density at radius 2 is 1.83 bits per heavy atom. The van der Waals surface area contributed by atoms with Crippen molar-refractivity contribution in [2.75, 3.05) is 33.2 Å². The molecule has 1 aliphatic rings. The first-order valence-electron chi connectivity index (χ1n) is 6.58. The van der Waals surface area contributed by atoms with Crippen LogP contribution >= 0.6 is 0 Å². The number of hydrogen-bond acceptors (Lipinski definition) is 3. The molecule has 1 aliphatic heterocycles. The zero-order valence-electron chi connectivity index (χ0n) is 11.0. The second kappa shape index (κ2) is 6.56. The van der Waals surface area contributed by atoms with Crippen molar-refractivity contribution in [3.63, 3.8) is 0 Å². The van der Waals surface area contributed by atoms with Crippen molar-refractivity contribution >= 4 is 5.91 Å². The molecule has 0 aliphatic carbocycles. The quantitative estimate of drug-likeness (QED) is 0.829. The normalized spacial score (nSPS) is 17.8. The van der Waals surface area contributed by atoms with Gasteiger partial charge >= 0.3 is 0 Å². The monoisotopic (exact) mass is 250 g/mol. The first kappa shape index (κ1) is 13.1. The highest BCUT2D eigenvalue weighted by Gasteiger charge is 2.15. The van der Waals surface area contributed by atoms with Crippen LogP contribution in [0.25, 0.3) is 0 Å². The van der Waals surface area contributed by atoms with E-state index in [0.29, 0.717) is 6.42 Å². The van der Waals surface area contributed by atoms with Gasteiger partial charge in [-0.1, -0.05) is 0 Å². The highest BCUT2D eigenvalue weighted by atomic mass is 16.2. The van der Waals surface area contributed by atoms with Crippen LogP contribution < -0.4 is 5.43 Å². The van der Waals surface area contributed by atoms with E-state index >= 15 is 0 Å². The van der Waals surface area contributed by atoms with Gasteiger partial charge in [-0.3, -0.25) is 10.2 Å². The lowest BCUT2D eigenvalue weighted by atomic mass is 10.3. The average Bonchev–Trinajstić information content (AvgIpc) is 2.85. The summed E-state index contributed by atoms with van der Waals surface area (Å²) in [6.45, 7) is 4.77. The Kier molecular flexibility index (Phi) is 4.78. The number of rotatable bonds is 5. The maximum Gasteiger partial charge on any atom is 0.234 e. The summed E-state index contributed by atoms with van der Waals surface area (Å²) in [6.07, 6.45) is 5.52. The highest BCUT2D eigenvalue weighted by molar-refractivity contribution is 5.75. The minimum atomic E-state index is 0.131. The van der Waals surface area contributed by atoms with Crippen LogP contribution in [0.2, 0.25) is 0 Å². The Morgan fingerprint density at radius 3 is 2.50 bits per heavy atom. The Bertz CT molecular complexity index is 355. The third kappa shape index (κ3) is 4.16. The number of aromatic nitrogens is 1. The lowest BCUT2D eigenvalue weighted by Gasteiger charge is -2.32. The van der Waals surface area contributed by atoms with Crippen molar-refractivity contribution < 1.29 is 4.79 Å². The predicted octanol–water partition coefficient (Wildman–Crippen LogP) is 0.547. The van der Waals surface area contributed by atoms with E-state index in [-0.39, 0.29) is 5.91 Å². The van der Waals surface area contributed by atoms with Crippen LogP contribution in [0.1, 0.15) is 12.8 Å². The lowest BCUT2D eigenvalue weighted by molar-refractivity contribution is -0.126. The fourth-order valence-corrected chi connectivity index (χ4v) is 2.09. The molecule has 1 aromatic rings. The van der Waals surface area contributed by atoms with Crippen LogP contribution in [0.4, 0.5) is 0 Å². The van der Waals surface area contributed by atoms with Crippen molar-refractivity contribution in [1.29, 1.82) is 0 Å². The van der Waals surface area contributed by atoms with E-state index < -0.39 is 0 Å². The average molecular weight is 250 g/mol. The Morgan fingerprint density at radius 1 is 1.17 bits per heavy atom. The maximum atomic E-state index is 11.7. The molecule has 5 nitrogen and oxygen atoms in total. The van der Waals surface area contributed by atoms with Crippen LogP contribution in [0.15, 0.2) is 24.5 Å². The van der Waals surface area contributed by atoms with Crippen molar-refractivity contribution in [1.82, 2.24) is 19.9 Å². The number of hydrazine groups is 1. The second-order valence-corrected chi connectivity index (χ2v) is 4.85. The first-order chi connectivity index (χ1) is 8.74. The van der Waals surface area contributed by atoms with E-state index in [9.17, 15) is 4.79 Å². The van der Waals surface area contributed by atoms with Crippen LogP contribution in [0.3, 0.4) is 0 Å². The van der Waals surface area contributed by atoms with Gasteiger partial charge in [-0.25, -0.2) is 5.01 Å². The van der Waals surface area contributed by atoms with Gasteiger partial charge in [-0.05, 0) is 25.6 Å². The minimum Gasteiger partial charge on any atom is -0.354 e. The number of amides is 1. The zero-order valence-corrected chi connectivity index (χ0v) is 11.0. The van der Waals surface area contributed by atoms with Gasteiger partial charge in [0.05, 0.1) is 0 Å². The summed E-state index contributed by atoms with van der Waals surface area (Å²) in [5, 5.41) is 2.03. The molecule has 18 heavy (non-hydrogen) atoms. The number of nitrogens with one attached hydrogen (secondary N) is 1. The SMILES string of the molecule is CN1CCN(NC(=O)CCCn2cccc2)CC1. The van der Waals surface area contributed by atoms with E-state index in [4.69, 9.17) is 0 Å². The van der Waals surface area contributed by atoms with Crippen molar-refractivity contribution in [3.8, 4) is 0 Å². The summed E-state index contributed by atoms with van der Waals surface area (Å²) >= 11 is 0. The van der Waals surface area contributed by atoms with E-state index in [1.807, 2.05) is 29.5 Å². The van der Waals surface area contributed by atoms with Crippen molar-refractivity contribution in [3.05, 3.63) is 24.5 Å². The smallest absolute Gasteiger partial charge is 0.234 e. The van der Waals surface area contributed by atoms with Gasteiger partial charge in [0.2, 0.25) is 5.91 Å². The topological polar surface area (TPSA) is 40.5 Å². The molecule has 0 unspecified atom stereocenters. The molecule has 0 radical (unpaired) electrons. The largest absolute Gasteiger partial charge is 0.354 e. The number of carbonyl (C=O) groups is 1. The fraction of sp³-hybridized carbons (Fsp3) is 0.615. The Labute approximate surface area is 108 Å². The molecule has 100 valence electrons. The molecular formula is C13H22N4O. The van der Waals surface area contributed by atoms with Gasteiger partial charge in [0.1, 0.15) is 0 Å². The van der Waals surface area contributed by atoms with Crippen LogP contribution in [-0.4, -0.2) is 53.6 Å². The molecule has 0 atom stereocenters. The van der Waals surface area contributed by atoms with Gasteiger partial charge in [0, 0.05) is 51.5 Å². The molecular weight excluding hydrogens is 228 g/mol. The van der Waals surface area contributed by atoms with E-state index in [1.54, 1.807) is 0 Å². The number of nitrogens with zero attached hydrogens (tertiary/aromatic N) is 3. The summed E-state index contributed by atoms with van der Waals surface area (Å²) in [6, 6.07) is 4.01. The van der Waals surface area contributed by atoms with Crippen LogP contribution in [0.5, 0.6) is 0 Å². The molecule has 0 saturated carbocycles. The van der Waals surface area contributed by atoms with Crippen molar-refractivity contribution in [2.24, 2.45) is 0 Å². The lowest BCUT2D eigenvalue weighted by Crippen LogP contribution is -2.52. The van der Waals surface area contributed by atoms with Gasteiger partial charge in [0.15, 0.2) is 0 Å². The van der Waals surface area contributed by atoms with E-state index in [1.165, 1.54) is 0 Å². The molecule has 0 bridgehead atoms. The predicted molar refractivity (Wildman–Crippen MR) is 70.9 cm³/mol. The van der Waals surface area contributed by atoms with Crippen LogP contribution in [-0.2, 0) is 11.3 Å². The van der Waals surface area contributed by atoms with Gasteiger partial charge < -0.3 is 9.47 Å². The molecule has 2 heterocycles. The molecule has 0 spiro atoms. The third-order valence-corrected chi connectivity index (χ3v) is 3.27. The molecule has 0 aromatic carbocycles. The summed E-state index contributed by atoms with van der Waals surface area (Å²) < 4.78 is 2.10. The molecule has 1 N–H and O–H groups in total. The number of likely N-dealkylation sites (N-methyl/N-ethyl adjacent to an activating group) is 1. The molecule has 1 fully saturated rings. The standard InChI is InChI=1S/C13H22N4O/c1-15-9-11-17(12-10-15)14-13(18)5-4-8-16-6-2-3-7-16/h2-3,6-7H,4-5,8-12H2,1H3,(H,14,18). The number of hydrogen-bond donors (Lipinski definition) is 1. The van der Waals surface area contributed by atoms with Crippen LogP contribution in [0, 0.1) is 0 Å². The highest BCUT2D eigenvalue weighted by Crippen LogP contribution is 1.99. The summed E-state index contributed by atoms with van der Waals surface area (Å²) in [5.74, 6) is 0.131.